The average Bonchev–Trinajstić information content (AvgIpc) is 2.49. The number of hydrogen-bond acceptors (Lipinski definition) is 1. The van der Waals surface area contributed by atoms with Gasteiger partial charge in [-0.15, -0.1) is 0 Å². The predicted octanol–water partition coefficient (Wildman–Crippen LogP) is 2.85. The molecule has 0 amide bonds. The van der Waals surface area contributed by atoms with E-state index in [0.29, 0.717) is 0 Å². The summed E-state index contributed by atoms with van der Waals surface area (Å²) in [5.41, 5.74) is 0. The van der Waals surface area contributed by atoms with Crippen molar-refractivity contribution in [2.24, 2.45) is 11.8 Å². The second-order valence-electron chi connectivity index (χ2n) is 4.54. The average molecular weight is 197 g/mol. The molecule has 0 atom stereocenters. The smallest absolute Gasteiger partial charge is 0.0776 e. The third-order valence-electron chi connectivity index (χ3n) is 3.58. The lowest BCUT2D eigenvalue weighted by Crippen LogP contribution is -2.32. The van der Waals surface area contributed by atoms with Crippen molar-refractivity contribution in [1.82, 2.24) is 4.90 Å². The molecule has 0 spiro atoms. The second kappa shape index (κ2) is 3.95. The summed E-state index contributed by atoms with van der Waals surface area (Å²) in [5.74, 6) is 1.89. The zero-order chi connectivity index (χ0) is 9.26. The van der Waals surface area contributed by atoms with E-state index in [-0.39, 0.29) is 0 Å². The number of rotatable bonds is 1. The van der Waals surface area contributed by atoms with Crippen molar-refractivity contribution in [2.45, 2.75) is 39.0 Å². The fourth-order valence-corrected chi connectivity index (χ4v) is 2.87. The Morgan fingerprint density at radius 1 is 1.15 bits per heavy atom. The van der Waals surface area contributed by atoms with Crippen LogP contribution in [0.4, 0.5) is 0 Å². The van der Waals surface area contributed by atoms with Crippen molar-refractivity contribution in [3.8, 4) is 0 Å². The number of fused-ring (bicyclic) bond motifs is 4. The van der Waals surface area contributed by atoms with Crippen LogP contribution in [0.15, 0.2) is 0 Å². The molecule has 1 nitrogen and oxygen atoms in total. The fraction of sp³-hybridized carbons (Fsp3) is 0.909. The molecule has 0 N–H and O–H groups in total. The third kappa shape index (κ3) is 2.04. The van der Waals surface area contributed by atoms with Gasteiger partial charge in [-0.3, -0.25) is 0 Å². The minimum atomic E-state index is 0.947. The molecular formula is C11H19NS. The lowest BCUT2D eigenvalue weighted by Gasteiger charge is -2.24. The maximum atomic E-state index is 5.40. The Morgan fingerprint density at radius 3 is 2.00 bits per heavy atom. The van der Waals surface area contributed by atoms with Crippen LogP contribution in [-0.2, 0) is 0 Å². The maximum Gasteiger partial charge on any atom is 0.0776 e. The minimum absolute atomic E-state index is 0.947. The quantitative estimate of drug-likeness (QED) is 0.595. The van der Waals surface area contributed by atoms with Crippen molar-refractivity contribution in [1.29, 1.82) is 0 Å². The van der Waals surface area contributed by atoms with E-state index in [2.05, 4.69) is 11.8 Å². The number of nitrogens with zero attached hydrogens (tertiary/aromatic N) is 1. The van der Waals surface area contributed by atoms with Crippen molar-refractivity contribution in [2.75, 3.05) is 13.1 Å². The second-order valence-corrected chi connectivity index (χ2v) is 5.01. The Balaban J connectivity index is 2.03. The molecule has 1 saturated carbocycles. The summed E-state index contributed by atoms with van der Waals surface area (Å²) in [6.07, 6.45) is 6.86. The summed E-state index contributed by atoms with van der Waals surface area (Å²) in [7, 11) is 0. The van der Waals surface area contributed by atoms with Crippen molar-refractivity contribution in [3.05, 3.63) is 0 Å². The van der Waals surface area contributed by atoms with E-state index in [1.807, 2.05) is 0 Å². The standard InChI is InChI=1S/C11H19NS/c1-2-11(13)12-7-9-3-4-10(8-12)6-5-9/h9-10H,2-8H2,1H3. The first-order valence-corrected chi connectivity index (χ1v) is 5.98. The molecule has 0 radical (unpaired) electrons. The molecular weight excluding hydrogens is 178 g/mol. The third-order valence-corrected chi connectivity index (χ3v) is 4.13. The van der Waals surface area contributed by atoms with E-state index in [1.165, 1.54) is 43.8 Å². The van der Waals surface area contributed by atoms with E-state index in [1.54, 1.807) is 0 Å². The van der Waals surface area contributed by atoms with Crippen LogP contribution in [-0.4, -0.2) is 23.0 Å². The number of thiocarbonyl (C=S) groups is 1. The largest absolute Gasteiger partial charge is 0.366 e. The van der Waals surface area contributed by atoms with Crippen molar-refractivity contribution in [3.63, 3.8) is 0 Å². The topological polar surface area (TPSA) is 3.24 Å². The summed E-state index contributed by atoms with van der Waals surface area (Å²) in [4.78, 5) is 3.67. The van der Waals surface area contributed by atoms with Crippen LogP contribution in [0, 0.1) is 11.8 Å². The summed E-state index contributed by atoms with van der Waals surface area (Å²) >= 11 is 5.40. The maximum absolute atomic E-state index is 5.40. The zero-order valence-corrected chi connectivity index (χ0v) is 9.28. The summed E-state index contributed by atoms with van der Waals surface area (Å²) in [6.45, 7) is 4.68. The fourth-order valence-electron chi connectivity index (χ4n) is 2.72. The summed E-state index contributed by atoms with van der Waals surface area (Å²) < 4.78 is 0. The van der Waals surface area contributed by atoms with Gasteiger partial charge >= 0.3 is 0 Å². The van der Waals surface area contributed by atoms with E-state index < -0.39 is 0 Å². The highest BCUT2D eigenvalue weighted by molar-refractivity contribution is 7.80. The predicted molar refractivity (Wildman–Crippen MR) is 59.9 cm³/mol. The van der Waals surface area contributed by atoms with Gasteiger partial charge in [-0.1, -0.05) is 19.1 Å². The first-order chi connectivity index (χ1) is 6.29. The molecule has 2 bridgehead atoms. The Kier molecular flexibility index (Phi) is 2.87. The molecule has 0 aromatic heterocycles. The van der Waals surface area contributed by atoms with E-state index in [9.17, 15) is 0 Å². The highest BCUT2D eigenvalue weighted by Gasteiger charge is 2.29. The van der Waals surface area contributed by atoms with E-state index in [4.69, 9.17) is 12.2 Å². The van der Waals surface area contributed by atoms with Crippen LogP contribution in [0.25, 0.3) is 0 Å². The molecule has 2 aliphatic heterocycles. The van der Waals surface area contributed by atoms with Gasteiger partial charge in [0.05, 0.1) is 4.99 Å². The Hall–Kier alpha value is -0.110. The monoisotopic (exact) mass is 197 g/mol. The first-order valence-electron chi connectivity index (χ1n) is 5.57. The molecule has 0 unspecified atom stereocenters. The molecule has 2 heteroatoms. The molecule has 74 valence electrons. The molecule has 3 rings (SSSR count). The van der Waals surface area contributed by atoms with Crippen molar-refractivity contribution >= 4 is 17.2 Å². The Bertz CT molecular complexity index is 180. The van der Waals surface area contributed by atoms with Gasteiger partial charge in [0, 0.05) is 13.1 Å². The van der Waals surface area contributed by atoms with Gasteiger partial charge in [0.15, 0.2) is 0 Å². The van der Waals surface area contributed by atoms with Gasteiger partial charge < -0.3 is 4.90 Å². The molecule has 2 heterocycles. The van der Waals surface area contributed by atoms with E-state index in [0.717, 1.165) is 18.3 Å². The van der Waals surface area contributed by atoms with Crippen LogP contribution >= 0.6 is 12.2 Å². The van der Waals surface area contributed by atoms with Gasteiger partial charge in [-0.25, -0.2) is 0 Å². The molecule has 0 aromatic rings. The summed E-state index contributed by atoms with van der Waals surface area (Å²) in [5, 5.41) is 0. The molecule has 0 aromatic carbocycles. The molecule has 3 aliphatic rings. The van der Waals surface area contributed by atoms with Crippen molar-refractivity contribution < 1.29 is 0 Å². The van der Waals surface area contributed by atoms with Gasteiger partial charge in [0.25, 0.3) is 0 Å². The molecule has 13 heavy (non-hydrogen) atoms. The summed E-state index contributed by atoms with van der Waals surface area (Å²) in [6, 6.07) is 0. The van der Waals surface area contributed by atoms with Crippen LogP contribution in [0.3, 0.4) is 0 Å². The normalized spacial score (nSPS) is 33.2. The highest BCUT2D eigenvalue weighted by Crippen LogP contribution is 2.34. The SMILES string of the molecule is CCC(=S)N1CC2CCC(CC2)C1. The Morgan fingerprint density at radius 2 is 1.62 bits per heavy atom. The molecule has 1 aliphatic carbocycles. The number of hydrogen-bond donors (Lipinski definition) is 0. The minimum Gasteiger partial charge on any atom is -0.366 e. The lowest BCUT2D eigenvalue weighted by molar-refractivity contribution is 0.326. The highest BCUT2D eigenvalue weighted by atomic mass is 32.1. The van der Waals surface area contributed by atoms with Crippen LogP contribution < -0.4 is 0 Å². The van der Waals surface area contributed by atoms with Gasteiger partial charge in [0.1, 0.15) is 0 Å². The first kappa shape index (κ1) is 9.45. The lowest BCUT2D eigenvalue weighted by atomic mass is 9.84. The van der Waals surface area contributed by atoms with Gasteiger partial charge in [-0.2, -0.15) is 0 Å². The van der Waals surface area contributed by atoms with Crippen LogP contribution in [0.2, 0.25) is 0 Å². The van der Waals surface area contributed by atoms with Gasteiger partial charge in [0.2, 0.25) is 0 Å². The molecule has 2 saturated heterocycles. The van der Waals surface area contributed by atoms with Crippen LogP contribution in [0.1, 0.15) is 39.0 Å². The zero-order valence-electron chi connectivity index (χ0n) is 8.46. The Labute approximate surface area is 86.5 Å². The van der Waals surface area contributed by atoms with Gasteiger partial charge in [-0.05, 0) is 43.9 Å². The van der Waals surface area contributed by atoms with E-state index >= 15 is 0 Å². The molecule has 3 fully saturated rings. The van der Waals surface area contributed by atoms with Crippen LogP contribution in [0.5, 0.6) is 0 Å².